The van der Waals surface area contributed by atoms with E-state index >= 15 is 0 Å². The lowest BCUT2D eigenvalue weighted by Gasteiger charge is -2.05. The first kappa shape index (κ1) is 14.4. The Balaban J connectivity index is 2.84. The maximum atomic E-state index is 5.22. The third kappa shape index (κ3) is 13.4. The Labute approximate surface area is 91.0 Å². The molecule has 1 N–H and O–H groups in total. The van der Waals surface area contributed by atoms with E-state index in [1.807, 2.05) is 0 Å². The Morgan fingerprint density at radius 1 is 1.00 bits per heavy atom. The summed E-state index contributed by atoms with van der Waals surface area (Å²) in [4.78, 5) is 4.63. The molecule has 0 heterocycles. The molecule has 0 aromatic rings. The fourth-order valence-corrected chi connectivity index (χ4v) is 0.787. The van der Waals surface area contributed by atoms with Crippen molar-refractivity contribution >= 4 is 0 Å². The number of ether oxygens (including phenoxy) is 3. The van der Waals surface area contributed by atoms with Crippen LogP contribution < -0.4 is 5.48 Å². The van der Waals surface area contributed by atoms with Crippen LogP contribution in [0.5, 0.6) is 0 Å². The average Bonchev–Trinajstić information content (AvgIpc) is 2.26. The summed E-state index contributed by atoms with van der Waals surface area (Å²) in [5.41, 5.74) is 2.67. The standard InChI is InChI=1S/C10H19NO4/c1-3-5-13-7-9-15-10-8-14-6-4-11-12-2/h1,11H,4-10H2,2H3. The van der Waals surface area contributed by atoms with E-state index in [1.165, 1.54) is 0 Å². The molecule has 0 saturated carbocycles. The van der Waals surface area contributed by atoms with Gasteiger partial charge in [-0.15, -0.1) is 6.42 Å². The summed E-state index contributed by atoms with van der Waals surface area (Å²) >= 11 is 0. The lowest BCUT2D eigenvalue weighted by molar-refractivity contribution is 0.0101. The third-order valence-corrected chi connectivity index (χ3v) is 1.42. The number of hydrogen-bond donors (Lipinski definition) is 1. The van der Waals surface area contributed by atoms with Gasteiger partial charge in [0.25, 0.3) is 0 Å². The Morgan fingerprint density at radius 3 is 2.20 bits per heavy atom. The van der Waals surface area contributed by atoms with Gasteiger partial charge in [0.2, 0.25) is 0 Å². The van der Waals surface area contributed by atoms with E-state index in [-0.39, 0.29) is 0 Å². The highest BCUT2D eigenvalue weighted by atomic mass is 16.6. The van der Waals surface area contributed by atoms with E-state index in [4.69, 9.17) is 20.6 Å². The highest BCUT2D eigenvalue weighted by Gasteiger charge is 1.90. The number of hydrogen-bond acceptors (Lipinski definition) is 5. The Bertz CT molecular complexity index is 158. The van der Waals surface area contributed by atoms with Gasteiger partial charge in [-0.05, 0) is 0 Å². The Hall–Kier alpha value is -0.640. The predicted molar refractivity (Wildman–Crippen MR) is 56.3 cm³/mol. The maximum Gasteiger partial charge on any atom is 0.107 e. The normalized spacial score (nSPS) is 10.1. The monoisotopic (exact) mass is 217 g/mol. The molecule has 0 fully saturated rings. The third-order valence-electron chi connectivity index (χ3n) is 1.42. The molecule has 0 aliphatic carbocycles. The summed E-state index contributed by atoms with van der Waals surface area (Å²) in [5.74, 6) is 2.38. The van der Waals surface area contributed by atoms with Gasteiger partial charge >= 0.3 is 0 Å². The molecule has 0 amide bonds. The van der Waals surface area contributed by atoms with Crippen molar-refractivity contribution in [3.05, 3.63) is 0 Å². The van der Waals surface area contributed by atoms with Gasteiger partial charge in [-0.3, -0.25) is 0 Å². The van der Waals surface area contributed by atoms with Crippen LogP contribution in [-0.2, 0) is 19.0 Å². The van der Waals surface area contributed by atoms with Crippen LogP contribution in [0, 0.1) is 12.3 Å². The first-order valence-electron chi connectivity index (χ1n) is 4.84. The van der Waals surface area contributed by atoms with Crippen LogP contribution in [-0.4, -0.2) is 53.3 Å². The highest BCUT2D eigenvalue weighted by molar-refractivity contribution is 4.82. The average molecular weight is 217 g/mol. The van der Waals surface area contributed by atoms with Crippen molar-refractivity contribution < 1.29 is 19.0 Å². The molecule has 0 atom stereocenters. The van der Waals surface area contributed by atoms with Crippen LogP contribution in [0.3, 0.4) is 0 Å². The molecule has 0 saturated heterocycles. The lowest BCUT2D eigenvalue weighted by Crippen LogP contribution is -2.19. The van der Waals surface area contributed by atoms with Crippen LogP contribution in [0.15, 0.2) is 0 Å². The second-order valence-corrected chi connectivity index (χ2v) is 2.58. The van der Waals surface area contributed by atoms with Crippen molar-refractivity contribution in [3.63, 3.8) is 0 Å². The van der Waals surface area contributed by atoms with E-state index in [1.54, 1.807) is 7.11 Å². The molecule has 5 heteroatoms. The van der Waals surface area contributed by atoms with Crippen molar-refractivity contribution in [1.82, 2.24) is 5.48 Å². The van der Waals surface area contributed by atoms with Gasteiger partial charge in [-0.1, -0.05) is 5.92 Å². The minimum absolute atomic E-state index is 0.336. The summed E-state index contributed by atoms with van der Waals surface area (Å²) < 4.78 is 15.5. The molecule has 88 valence electrons. The first-order chi connectivity index (χ1) is 7.41. The van der Waals surface area contributed by atoms with Crippen LogP contribution in [0.4, 0.5) is 0 Å². The van der Waals surface area contributed by atoms with Crippen LogP contribution in [0.1, 0.15) is 0 Å². The molecule has 0 spiro atoms. The van der Waals surface area contributed by atoms with Gasteiger partial charge in [0.15, 0.2) is 0 Å². The van der Waals surface area contributed by atoms with E-state index in [0.717, 1.165) is 0 Å². The van der Waals surface area contributed by atoms with Crippen molar-refractivity contribution in [2.24, 2.45) is 0 Å². The number of terminal acetylenes is 1. The fraction of sp³-hybridized carbons (Fsp3) is 0.800. The Morgan fingerprint density at radius 2 is 1.60 bits per heavy atom. The van der Waals surface area contributed by atoms with Crippen LogP contribution in [0.2, 0.25) is 0 Å². The van der Waals surface area contributed by atoms with E-state index in [0.29, 0.717) is 46.2 Å². The Kier molecular flexibility index (Phi) is 12.8. The van der Waals surface area contributed by atoms with Crippen molar-refractivity contribution in [2.45, 2.75) is 0 Å². The van der Waals surface area contributed by atoms with Crippen molar-refractivity contribution in [3.8, 4) is 12.3 Å². The molecule has 0 aliphatic heterocycles. The molecular weight excluding hydrogens is 198 g/mol. The van der Waals surface area contributed by atoms with Gasteiger partial charge in [0.1, 0.15) is 6.61 Å². The zero-order valence-corrected chi connectivity index (χ0v) is 9.16. The minimum atomic E-state index is 0.336. The predicted octanol–water partition coefficient (Wildman–Crippen LogP) is -0.180. The van der Waals surface area contributed by atoms with E-state index in [9.17, 15) is 0 Å². The summed E-state index contributed by atoms with van der Waals surface area (Å²) in [6.07, 6.45) is 5.00. The lowest BCUT2D eigenvalue weighted by atomic mass is 10.7. The molecule has 0 radical (unpaired) electrons. The smallest absolute Gasteiger partial charge is 0.107 e. The summed E-state index contributed by atoms with van der Waals surface area (Å²) in [5, 5.41) is 0. The second-order valence-electron chi connectivity index (χ2n) is 2.58. The molecule has 0 rings (SSSR count). The number of rotatable bonds is 11. The van der Waals surface area contributed by atoms with Gasteiger partial charge in [-0.2, -0.15) is 0 Å². The molecule has 0 unspecified atom stereocenters. The van der Waals surface area contributed by atoms with Gasteiger partial charge in [0, 0.05) is 6.54 Å². The zero-order valence-electron chi connectivity index (χ0n) is 9.16. The topological polar surface area (TPSA) is 49.0 Å². The van der Waals surface area contributed by atoms with Crippen LogP contribution >= 0.6 is 0 Å². The van der Waals surface area contributed by atoms with Gasteiger partial charge in [0.05, 0.1) is 40.1 Å². The number of nitrogens with one attached hydrogen (secondary N) is 1. The minimum Gasteiger partial charge on any atom is -0.378 e. The molecule has 0 aromatic heterocycles. The maximum absolute atomic E-state index is 5.22. The fourth-order valence-electron chi connectivity index (χ4n) is 0.787. The van der Waals surface area contributed by atoms with Crippen molar-refractivity contribution in [2.75, 3.05) is 53.3 Å². The van der Waals surface area contributed by atoms with Crippen LogP contribution in [0.25, 0.3) is 0 Å². The molecule has 5 nitrogen and oxygen atoms in total. The quantitative estimate of drug-likeness (QED) is 0.295. The van der Waals surface area contributed by atoms with E-state index < -0.39 is 0 Å². The molecular formula is C10H19NO4. The van der Waals surface area contributed by atoms with Gasteiger partial charge in [-0.25, -0.2) is 5.48 Å². The van der Waals surface area contributed by atoms with Gasteiger partial charge < -0.3 is 19.0 Å². The van der Waals surface area contributed by atoms with Crippen molar-refractivity contribution in [1.29, 1.82) is 0 Å². The molecule has 0 bridgehead atoms. The second kappa shape index (κ2) is 13.4. The number of hydroxylamine groups is 1. The largest absolute Gasteiger partial charge is 0.378 e. The SMILES string of the molecule is C#CCOCCOCCOCCNOC. The summed E-state index contributed by atoms with van der Waals surface area (Å²) in [7, 11) is 1.57. The first-order valence-corrected chi connectivity index (χ1v) is 4.84. The van der Waals surface area contributed by atoms with E-state index in [2.05, 4.69) is 16.2 Å². The summed E-state index contributed by atoms with van der Waals surface area (Å²) in [6.45, 7) is 3.80. The molecule has 15 heavy (non-hydrogen) atoms. The zero-order chi connectivity index (χ0) is 11.2. The summed E-state index contributed by atoms with van der Waals surface area (Å²) in [6, 6.07) is 0. The highest BCUT2D eigenvalue weighted by Crippen LogP contribution is 1.80. The molecule has 0 aliphatic rings. The molecule has 0 aromatic carbocycles.